The van der Waals surface area contributed by atoms with Gasteiger partial charge in [0, 0.05) is 32.8 Å². The minimum atomic E-state index is 0. The first kappa shape index (κ1) is 34.7. The van der Waals surface area contributed by atoms with Crippen molar-refractivity contribution in [2.75, 3.05) is 21.1 Å². The van der Waals surface area contributed by atoms with E-state index in [2.05, 4.69) is 79.5 Å². The average molecular weight is 551 g/mol. The summed E-state index contributed by atoms with van der Waals surface area (Å²) in [6.07, 6.45) is 23.4. The van der Waals surface area contributed by atoms with E-state index < -0.39 is 0 Å². The third-order valence-corrected chi connectivity index (χ3v) is 12.2. The van der Waals surface area contributed by atoms with E-state index in [4.69, 9.17) is 0 Å². The third kappa shape index (κ3) is 5.99. The molecule has 0 aliphatic heterocycles. The number of unbranched alkanes of at least 4 members (excludes halogenated alkanes) is 1. The molecule has 4 saturated carbocycles. The number of nitrogens with zero attached hydrogens (tertiary/aromatic N) is 2. The molecular formula is C38H66N2. The number of rotatable bonds is 6. The Morgan fingerprint density at radius 1 is 1.00 bits per heavy atom. The van der Waals surface area contributed by atoms with Crippen LogP contribution < -0.4 is 0 Å². The summed E-state index contributed by atoms with van der Waals surface area (Å²) < 4.78 is 0. The molecule has 5 aliphatic rings. The zero-order valence-electron chi connectivity index (χ0n) is 27.2. The molecule has 0 radical (unpaired) electrons. The zero-order valence-corrected chi connectivity index (χ0v) is 27.2. The molecule has 0 saturated heterocycles. The van der Waals surface area contributed by atoms with Gasteiger partial charge in [-0.3, -0.25) is 0 Å². The molecule has 0 amide bonds. The Labute approximate surface area is 250 Å². The van der Waals surface area contributed by atoms with Crippen LogP contribution in [0, 0.1) is 51.8 Å². The van der Waals surface area contributed by atoms with E-state index in [-0.39, 0.29) is 12.8 Å². The van der Waals surface area contributed by atoms with Gasteiger partial charge in [0.25, 0.3) is 0 Å². The summed E-state index contributed by atoms with van der Waals surface area (Å²) in [7, 11) is 5.86. The minimum absolute atomic E-state index is 0. The van der Waals surface area contributed by atoms with Crippen molar-refractivity contribution in [1.29, 1.82) is 0 Å². The fourth-order valence-corrected chi connectivity index (χ4v) is 10.0. The van der Waals surface area contributed by atoms with Gasteiger partial charge in [0.05, 0.1) is 0 Å². The van der Waals surface area contributed by atoms with E-state index in [9.17, 15) is 0 Å². The standard InChI is InChI=1S/C27H40.C5H12N2.C5H10.CH4/c1-7-8-19-16-27(6)22(19)14-23-21-10-9-20-13-17(2)11-12-25(20,4)24(21)18(3)15-26(23,27)5;1-5-7(4)6(2)3;1-3-5-4-2;/h11-13,18-19,21-24H,2,7-10,14-16H2,1,3-6H3;5H,1H2,2-4H3;3H,1,4-5H2,2H3;1H4. The van der Waals surface area contributed by atoms with Crippen LogP contribution in [0.25, 0.3) is 0 Å². The lowest BCUT2D eigenvalue weighted by molar-refractivity contribution is -0.138. The van der Waals surface area contributed by atoms with Gasteiger partial charge in [0.1, 0.15) is 0 Å². The predicted molar refractivity (Wildman–Crippen MR) is 179 cm³/mol. The lowest BCUT2D eigenvalue weighted by Gasteiger charge is -2.64. The van der Waals surface area contributed by atoms with Crippen LogP contribution in [-0.4, -0.2) is 31.2 Å². The monoisotopic (exact) mass is 551 g/mol. The molecule has 0 aromatic carbocycles. The fraction of sp³-hybridized carbons (Fsp3) is 0.737. The molecule has 0 heterocycles. The molecule has 2 heteroatoms. The molecule has 4 fully saturated rings. The summed E-state index contributed by atoms with van der Waals surface area (Å²) in [6.45, 7) is 26.4. The predicted octanol–water partition coefficient (Wildman–Crippen LogP) is 10.7. The number of hydrogen-bond acceptors (Lipinski definition) is 2. The van der Waals surface area contributed by atoms with Crippen molar-refractivity contribution in [2.24, 2.45) is 51.8 Å². The highest BCUT2D eigenvalue weighted by atomic mass is 15.6. The molecule has 0 bridgehead atoms. The Morgan fingerprint density at radius 2 is 1.65 bits per heavy atom. The first-order chi connectivity index (χ1) is 18.3. The normalized spacial score (nSPS) is 40.1. The smallest absolute Gasteiger partial charge is 0.0227 e. The number of hydrazine groups is 1. The molecule has 0 aromatic heterocycles. The van der Waals surface area contributed by atoms with Gasteiger partial charge in [-0.2, -0.15) is 0 Å². The van der Waals surface area contributed by atoms with Crippen LogP contribution >= 0.6 is 0 Å². The lowest BCUT2D eigenvalue weighted by Crippen LogP contribution is -2.57. The first-order valence-corrected chi connectivity index (χ1v) is 16.1. The summed E-state index contributed by atoms with van der Waals surface area (Å²) in [5.74, 6) is 5.62. The molecule has 0 aromatic rings. The third-order valence-electron chi connectivity index (χ3n) is 12.2. The topological polar surface area (TPSA) is 6.48 Å². The van der Waals surface area contributed by atoms with Gasteiger partial charge in [-0.15, -0.1) is 6.58 Å². The van der Waals surface area contributed by atoms with Crippen molar-refractivity contribution in [1.82, 2.24) is 10.0 Å². The molecule has 9 unspecified atom stereocenters. The Kier molecular flexibility index (Phi) is 11.8. The molecule has 5 aliphatic carbocycles. The van der Waals surface area contributed by atoms with Crippen LogP contribution in [0.15, 0.2) is 61.4 Å². The second-order valence-corrected chi connectivity index (χ2v) is 14.5. The van der Waals surface area contributed by atoms with E-state index in [1.54, 1.807) is 11.8 Å². The SMILES string of the molecule is C.C=C1C=CC2(C)C(=C1)CCC1C2C(C)CC2(C)C1CC1C(CCC)CC12C.C=CCCC.C=CN(C)N(C)C. The van der Waals surface area contributed by atoms with Gasteiger partial charge in [-0.1, -0.05) is 111 Å². The Balaban J connectivity index is 0.000000366. The van der Waals surface area contributed by atoms with Crippen LogP contribution in [0.1, 0.15) is 107 Å². The zero-order chi connectivity index (χ0) is 29.2. The van der Waals surface area contributed by atoms with Gasteiger partial charge >= 0.3 is 0 Å². The van der Waals surface area contributed by atoms with Gasteiger partial charge in [0.2, 0.25) is 0 Å². The molecule has 5 rings (SSSR count). The number of allylic oxidation sites excluding steroid dienone is 6. The van der Waals surface area contributed by atoms with Crippen LogP contribution in [0.3, 0.4) is 0 Å². The van der Waals surface area contributed by atoms with Crippen molar-refractivity contribution in [2.45, 2.75) is 107 Å². The van der Waals surface area contributed by atoms with E-state index in [0.29, 0.717) is 10.8 Å². The quantitative estimate of drug-likeness (QED) is 0.240. The van der Waals surface area contributed by atoms with E-state index in [1.165, 1.54) is 56.9 Å². The second-order valence-electron chi connectivity index (χ2n) is 14.5. The molecule has 2 nitrogen and oxygen atoms in total. The number of fused-ring (bicyclic) bond motifs is 7. The minimum Gasteiger partial charge on any atom is -0.317 e. The van der Waals surface area contributed by atoms with Gasteiger partial charge in [-0.05, 0) is 90.4 Å². The molecule has 40 heavy (non-hydrogen) atoms. The lowest BCUT2D eigenvalue weighted by atomic mass is 9.41. The number of hydrogen-bond donors (Lipinski definition) is 0. The van der Waals surface area contributed by atoms with Crippen molar-refractivity contribution < 1.29 is 0 Å². The maximum Gasteiger partial charge on any atom is 0.0227 e. The summed E-state index contributed by atoms with van der Waals surface area (Å²) in [5.41, 5.74) is 4.40. The summed E-state index contributed by atoms with van der Waals surface area (Å²) >= 11 is 0. The van der Waals surface area contributed by atoms with E-state index in [1.807, 2.05) is 37.2 Å². The first-order valence-electron chi connectivity index (χ1n) is 16.1. The summed E-state index contributed by atoms with van der Waals surface area (Å²) in [5, 5.41) is 3.83. The fourth-order valence-electron chi connectivity index (χ4n) is 10.0. The Hall–Kier alpha value is -1.54. The van der Waals surface area contributed by atoms with Crippen LogP contribution in [0.4, 0.5) is 0 Å². The largest absolute Gasteiger partial charge is 0.317 e. The van der Waals surface area contributed by atoms with Crippen molar-refractivity contribution in [3.8, 4) is 0 Å². The summed E-state index contributed by atoms with van der Waals surface area (Å²) in [6, 6.07) is 0. The van der Waals surface area contributed by atoms with Crippen molar-refractivity contribution in [3.63, 3.8) is 0 Å². The molecular weight excluding hydrogens is 484 g/mol. The van der Waals surface area contributed by atoms with Gasteiger partial charge in [-0.25, -0.2) is 5.01 Å². The summed E-state index contributed by atoms with van der Waals surface area (Å²) in [4.78, 5) is 0. The maximum absolute atomic E-state index is 4.22. The second kappa shape index (κ2) is 13.6. The highest BCUT2D eigenvalue weighted by molar-refractivity contribution is 5.43. The van der Waals surface area contributed by atoms with Crippen LogP contribution in [-0.2, 0) is 0 Å². The Morgan fingerprint density at radius 3 is 2.15 bits per heavy atom. The highest BCUT2D eigenvalue weighted by Gasteiger charge is 2.71. The molecule has 228 valence electrons. The average Bonchev–Trinajstić information content (AvgIpc) is 3.05. The Bertz CT molecular complexity index is 941. The van der Waals surface area contributed by atoms with Crippen molar-refractivity contribution >= 4 is 0 Å². The van der Waals surface area contributed by atoms with Gasteiger partial charge < -0.3 is 5.01 Å². The maximum atomic E-state index is 4.22. The van der Waals surface area contributed by atoms with Crippen LogP contribution in [0.2, 0.25) is 0 Å². The van der Waals surface area contributed by atoms with E-state index in [0.717, 1.165) is 41.9 Å². The molecule has 0 spiro atoms. The molecule has 0 N–H and O–H groups in total. The van der Waals surface area contributed by atoms with Crippen LogP contribution in [0.5, 0.6) is 0 Å². The van der Waals surface area contributed by atoms with E-state index >= 15 is 0 Å². The molecule has 9 atom stereocenters. The van der Waals surface area contributed by atoms with Crippen molar-refractivity contribution in [3.05, 3.63) is 61.4 Å². The highest BCUT2D eigenvalue weighted by Crippen LogP contribution is 2.78. The van der Waals surface area contributed by atoms with Gasteiger partial charge in [0.15, 0.2) is 0 Å².